The van der Waals surface area contributed by atoms with Crippen LogP contribution in [0.25, 0.3) is 11.0 Å². The van der Waals surface area contributed by atoms with Crippen LogP contribution in [-0.4, -0.2) is 69.7 Å². The minimum Gasteiger partial charge on any atom is -0.369 e. The zero-order valence-corrected chi connectivity index (χ0v) is 20.4. The van der Waals surface area contributed by atoms with Crippen molar-refractivity contribution in [2.24, 2.45) is 5.92 Å². The van der Waals surface area contributed by atoms with E-state index >= 15 is 0 Å². The van der Waals surface area contributed by atoms with Crippen LogP contribution in [0.5, 0.6) is 0 Å². The second-order valence-corrected chi connectivity index (χ2v) is 9.68. The minimum atomic E-state index is -0.147. The van der Waals surface area contributed by atoms with Crippen LogP contribution >= 0.6 is 0 Å². The fourth-order valence-corrected chi connectivity index (χ4v) is 4.58. The molecule has 8 nitrogen and oxygen atoms in total. The fourth-order valence-electron chi connectivity index (χ4n) is 4.58. The van der Waals surface area contributed by atoms with E-state index in [2.05, 4.69) is 82.0 Å². The number of anilines is 1. The Bertz CT molecular complexity index is 1110. The largest absolute Gasteiger partial charge is 0.369 e. The van der Waals surface area contributed by atoms with E-state index in [4.69, 9.17) is 4.98 Å². The third kappa shape index (κ3) is 5.81. The molecule has 0 amide bonds. The number of aromatic nitrogens is 4. The number of aromatic amines is 2. The Morgan fingerprint density at radius 2 is 1.94 bits per heavy atom. The van der Waals surface area contributed by atoms with Crippen molar-refractivity contribution in [3.63, 3.8) is 0 Å². The Morgan fingerprint density at radius 1 is 1.15 bits per heavy atom. The zero-order valence-electron chi connectivity index (χ0n) is 20.4. The Balaban J connectivity index is 1.54. The highest BCUT2D eigenvalue weighted by atomic mass is 16.1. The van der Waals surface area contributed by atoms with Gasteiger partial charge in [-0.25, -0.2) is 4.98 Å². The standard InChI is InChI=1S/C25H37N7O/c1-5-7-21-23-24(29-28-21)25(33)27-22(26-23)17-31(15-18(2)3)16-19-8-6-9-20(14-19)32-12-10-30(4)11-13-32/h6,8-9,14,18H,5,7,10-13,15-17H2,1-4H3,(H,28,29)(H,26,27,33). The number of benzene rings is 1. The van der Waals surface area contributed by atoms with E-state index in [0.29, 0.717) is 29.3 Å². The predicted molar refractivity (Wildman–Crippen MR) is 134 cm³/mol. The maximum absolute atomic E-state index is 12.6. The van der Waals surface area contributed by atoms with Crippen molar-refractivity contribution in [3.05, 3.63) is 51.7 Å². The third-order valence-corrected chi connectivity index (χ3v) is 6.21. The number of H-pyrrole nitrogens is 2. The Hall–Kier alpha value is -2.71. The maximum atomic E-state index is 12.6. The molecule has 0 bridgehead atoms. The van der Waals surface area contributed by atoms with Crippen LogP contribution < -0.4 is 10.5 Å². The lowest BCUT2D eigenvalue weighted by Gasteiger charge is -2.34. The molecule has 4 rings (SSSR count). The molecule has 2 aromatic heterocycles. The first-order chi connectivity index (χ1) is 15.9. The smallest absolute Gasteiger partial charge is 0.276 e. The van der Waals surface area contributed by atoms with Crippen molar-refractivity contribution in [3.8, 4) is 0 Å². The fraction of sp³-hybridized carbons (Fsp3) is 0.560. The number of rotatable bonds is 9. The summed E-state index contributed by atoms with van der Waals surface area (Å²) in [5.74, 6) is 1.20. The first kappa shape index (κ1) is 23.4. The van der Waals surface area contributed by atoms with E-state index in [9.17, 15) is 4.79 Å². The number of piperazine rings is 1. The summed E-state index contributed by atoms with van der Waals surface area (Å²) in [5, 5.41) is 7.17. The Morgan fingerprint density at radius 3 is 2.67 bits per heavy atom. The van der Waals surface area contributed by atoms with E-state index in [1.54, 1.807) is 0 Å². The molecule has 0 unspecified atom stereocenters. The number of fused-ring (bicyclic) bond motifs is 1. The summed E-state index contributed by atoms with van der Waals surface area (Å²) < 4.78 is 0. The van der Waals surface area contributed by atoms with E-state index < -0.39 is 0 Å². The zero-order chi connectivity index (χ0) is 23.4. The molecule has 0 atom stereocenters. The molecule has 1 fully saturated rings. The highest BCUT2D eigenvalue weighted by molar-refractivity contribution is 5.75. The number of aryl methyl sites for hydroxylation is 1. The molecular weight excluding hydrogens is 414 g/mol. The SMILES string of the molecule is CCCc1n[nH]c2c(=O)[nH]c(CN(Cc3cccc(N4CCN(C)CC4)c3)CC(C)C)nc12. The molecule has 0 radical (unpaired) electrons. The number of likely N-dealkylation sites (N-methyl/N-ethyl adjacent to an activating group) is 1. The van der Waals surface area contributed by atoms with Gasteiger partial charge in [-0.2, -0.15) is 5.10 Å². The lowest BCUT2D eigenvalue weighted by molar-refractivity contribution is 0.222. The summed E-state index contributed by atoms with van der Waals surface area (Å²) in [6, 6.07) is 8.88. The quantitative estimate of drug-likeness (QED) is 0.520. The van der Waals surface area contributed by atoms with Crippen molar-refractivity contribution >= 4 is 16.7 Å². The van der Waals surface area contributed by atoms with Gasteiger partial charge in [-0.1, -0.05) is 39.3 Å². The van der Waals surface area contributed by atoms with Crippen LogP contribution in [0.2, 0.25) is 0 Å². The molecular formula is C25H37N7O. The van der Waals surface area contributed by atoms with Crippen molar-refractivity contribution in [1.82, 2.24) is 30.0 Å². The van der Waals surface area contributed by atoms with Gasteiger partial charge in [-0.05, 0) is 37.1 Å². The molecule has 0 saturated carbocycles. The lowest BCUT2D eigenvalue weighted by atomic mass is 10.1. The molecule has 3 aromatic rings. The minimum absolute atomic E-state index is 0.147. The molecule has 0 spiro atoms. The van der Waals surface area contributed by atoms with Crippen molar-refractivity contribution in [2.75, 3.05) is 44.7 Å². The van der Waals surface area contributed by atoms with Crippen molar-refractivity contribution in [1.29, 1.82) is 0 Å². The summed E-state index contributed by atoms with van der Waals surface area (Å²) in [5.41, 5.74) is 4.47. The average Bonchev–Trinajstić information content (AvgIpc) is 3.17. The van der Waals surface area contributed by atoms with E-state index in [0.717, 1.165) is 57.8 Å². The van der Waals surface area contributed by atoms with Gasteiger partial charge in [0.25, 0.3) is 5.56 Å². The molecule has 3 heterocycles. The van der Waals surface area contributed by atoms with Gasteiger partial charge in [0.15, 0.2) is 0 Å². The summed E-state index contributed by atoms with van der Waals surface area (Å²) in [6.07, 6.45) is 1.78. The van der Waals surface area contributed by atoms with Gasteiger partial charge in [0, 0.05) is 45.0 Å². The molecule has 1 aliphatic heterocycles. The molecule has 1 saturated heterocycles. The van der Waals surface area contributed by atoms with Gasteiger partial charge >= 0.3 is 0 Å². The Kier molecular flexibility index (Phi) is 7.45. The van der Waals surface area contributed by atoms with E-state index in [1.165, 1.54) is 11.3 Å². The molecule has 0 aliphatic carbocycles. The highest BCUT2D eigenvalue weighted by Gasteiger charge is 2.17. The number of nitrogens with one attached hydrogen (secondary N) is 2. The van der Waals surface area contributed by atoms with E-state index in [-0.39, 0.29) is 5.56 Å². The molecule has 33 heavy (non-hydrogen) atoms. The molecule has 1 aliphatic rings. The molecule has 178 valence electrons. The normalized spacial score (nSPS) is 15.3. The van der Waals surface area contributed by atoms with Crippen LogP contribution in [0.3, 0.4) is 0 Å². The summed E-state index contributed by atoms with van der Waals surface area (Å²) in [4.78, 5) is 27.6. The van der Waals surface area contributed by atoms with Gasteiger partial charge in [-0.3, -0.25) is 14.8 Å². The lowest BCUT2D eigenvalue weighted by Crippen LogP contribution is -2.44. The summed E-state index contributed by atoms with van der Waals surface area (Å²) in [6.45, 7) is 13.2. The van der Waals surface area contributed by atoms with Gasteiger partial charge in [0.1, 0.15) is 16.9 Å². The monoisotopic (exact) mass is 451 g/mol. The molecule has 1 aromatic carbocycles. The summed E-state index contributed by atoms with van der Waals surface area (Å²) >= 11 is 0. The number of nitrogens with zero attached hydrogens (tertiary/aromatic N) is 5. The van der Waals surface area contributed by atoms with Gasteiger partial charge in [0.2, 0.25) is 0 Å². The third-order valence-electron chi connectivity index (χ3n) is 6.21. The van der Waals surface area contributed by atoms with Crippen LogP contribution in [-0.2, 0) is 19.5 Å². The number of hydrogen-bond donors (Lipinski definition) is 2. The van der Waals surface area contributed by atoms with Crippen LogP contribution in [0.1, 0.15) is 44.3 Å². The van der Waals surface area contributed by atoms with Gasteiger partial charge < -0.3 is 14.8 Å². The van der Waals surface area contributed by atoms with Gasteiger partial charge in [0.05, 0.1) is 12.2 Å². The molecule has 8 heteroatoms. The average molecular weight is 452 g/mol. The van der Waals surface area contributed by atoms with Crippen LogP contribution in [0.4, 0.5) is 5.69 Å². The van der Waals surface area contributed by atoms with Gasteiger partial charge in [-0.15, -0.1) is 0 Å². The first-order valence-corrected chi connectivity index (χ1v) is 12.1. The first-order valence-electron chi connectivity index (χ1n) is 12.1. The van der Waals surface area contributed by atoms with E-state index in [1.807, 2.05) is 0 Å². The second-order valence-electron chi connectivity index (χ2n) is 9.68. The maximum Gasteiger partial charge on any atom is 0.276 e. The van der Waals surface area contributed by atoms with Crippen LogP contribution in [0.15, 0.2) is 29.1 Å². The highest BCUT2D eigenvalue weighted by Crippen LogP contribution is 2.20. The summed E-state index contributed by atoms with van der Waals surface area (Å²) in [7, 11) is 2.18. The second kappa shape index (κ2) is 10.5. The topological polar surface area (TPSA) is 84.1 Å². The molecule has 2 N–H and O–H groups in total. The number of hydrogen-bond acceptors (Lipinski definition) is 6. The van der Waals surface area contributed by atoms with Crippen molar-refractivity contribution in [2.45, 2.75) is 46.7 Å². The predicted octanol–water partition coefficient (Wildman–Crippen LogP) is 3.01. The van der Waals surface area contributed by atoms with Crippen molar-refractivity contribution < 1.29 is 0 Å². The Labute approximate surface area is 196 Å². The van der Waals surface area contributed by atoms with Crippen LogP contribution in [0, 0.1) is 5.92 Å².